The number of aliphatic imine (C=N–C) groups is 1. The minimum atomic E-state index is -0.144. The summed E-state index contributed by atoms with van der Waals surface area (Å²) in [6, 6.07) is 15.0. The molecule has 0 saturated carbocycles. The van der Waals surface area contributed by atoms with Gasteiger partial charge in [0.05, 0.1) is 18.9 Å². The van der Waals surface area contributed by atoms with Crippen LogP contribution in [0.5, 0.6) is 11.5 Å². The SMILES string of the molecule is COc1cccc(N=Cc2ccc(OCC(=O)NC[C@@H]3CCCO3)cc2)c1. The predicted octanol–water partition coefficient (Wildman–Crippen LogP) is 3.12. The molecule has 27 heavy (non-hydrogen) atoms. The van der Waals surface area contributed by atoms with E-state index in [1.807, 2.05) is 48.5 Å². The topological polar surface area (TPSA) is 69.2 Å². The lowest BCUT2D eigenvalue weighted by molar-refractivity contribution is -0.123. The third kappa shape index (κ3) is 6.11. The highest BCUT2D eigenvalue weighted by Crippen LogP contribution is 2.19. The van der Waals surface area contributed by atoms with E-state index in [2.05, 4.69) is 10.3 Å². The molecule has 1 aliphatic heterocycles. The Balaban J connectivity index is 1.45. The summed E-state index contributed by atoms with van der Waals surface area (Å²) in [4.78, 5) is 16.3. The summed E-state index contributed by atoms with van der Waals surface area (Å²) in [5, 5.41) is 2.83. The second kappa shape index (κ2) is 9.73. The van der Waals surface area contributed by atoms with Crippen molar-refractivity contribution >= 4 is 17.8 Å². The molecule has 1 aliphatic rings. The fourth-order valence-corrected chi connectivity index (χ4v) is 2.72. The predicted molar refractivity (Wildman–Crippen MR) is 104 cm³/mol. The van der Waals surface area contributed by atoms with Crippen LogP contribution in [-0.4, -0.2) is 45.1 Å². The number of hydrogen-bond donors (Lipinski definition) is 1. The lowest BCUT2D eigenvalue weighted by atomic mass is 10.2. The highest BCUT2D eigenvalue weighted by molar-refractivity contribution is 5.82. The van der Waals surface area contributed by atoms with Crippen LogP contribution >= 0.6 is 0 Å². The van der Waals surface area contributed by atoms with Crippen LogP contribution in [0.1, 0.15) is 18.4 Å². The van der Waals surface area contributed by atoms with Gasteiger partial charge in [-0.05, 0) is 54.8 Å². The first-order valence-electron chi connectivity index (χ1n) is 9.02. The van der Waals surface area contributed by atoms with E-state index in [1.54, 1.807) is 13.3 Å². The van der Waals surface area contributed by atoms with Gasteiger partial charge in [0, 0.05) is 25.4 Å². The molecule has 6 heteroatoms. The summed E-state index contributed by atoms with van der Waals surface area (Å²) in [5.41, 5.74) is 1.76. The second-order valence-corrected chi connectivity index (χ2v) is 6.26. The van der Waals surface area contributed by atoms with Crippen molar-refractivity contribution in [1.82, 2.24) is 5.32 Å². The summed E-state index contributed by atoms with van der Waals surface area (Å²) in [6.45, 7) is 1.32. The first-order valence-corrected chi connectivity index (χ1v) is 9.02. The molecule has 0 spiro atoms. The van der Waals surface area contributed by atoms with Gasteiger partial charge in [0.1, 0.15) is 11.5 Å². The van der Waals surface area contributed by atoms with Gasteiger partial charge >= 0.3 is 0 Å². The van der Waals surface area contributed by atoms with Gasteiger partial charge in [-0.25, -0.2) is 0 Å². The number of hydrogen-bond acceptors (Lipinski definition) is 5. The number of carbonyl (C=O) groups excluding carboxylic acids is 1. The highest BCUT2D eigenvalue weighted by atomic mass is 16.5. The zero-order valence-electron chi connectivity index (χ0n) is 15.4. The van der Waals surface area contributed by atoms with Crippen molar-refractivity contribution in [2.24, 2.45) is 4.99 Å². The van der Waals surface area contributed by atoms with Gasteiger partial charge in [-0.2, -0.15) is 0 Å². The number of carbonyl (C=O) groups is 1. The highest BCUT2D eigenvalue weighted by Gasteiger charge is 2.16. The van der Waals surface area contributed by atoms with Crippen LogP contribution in [0.15, 0.2) is 53.5 Å². The maximum atomic E-state index is 11.8. The smallest absolute Gasteiger partial charge is 0.258 e. The summed E-state index contributed by atoms with van der Waals surface area (Å²) in [6.07, 6.45) is 3.97. The number of amides is 1. The van der Waals surface area contributed by atoms with Gasteiger partial charge in [-0.15, -0.1) is 0 Å². The number of ether oxygens (including phenoxy) is 3. The molecule has 0 unspecified atom stereocenters. The van der Waals surface area contributed by atoms with Crippen LogP contribution in [0.4, 0.5) is 5.69 Å². The van der Waals surface area contributed by atoms with Gasteiger partial charge in [0.15, 0.2) is 6.61 Å². The zero-order chi connectivity index (χ0) is 18.9. The number of methoxy groups -OCH3 is 1. The van der Waals surface area contributed by atoms with Crippen molar-refractivity contribution in [1.29, 1.82) is 0 Å². The fraction of sp³-hybridized carbons (Fsp3) is 0.333. The normalized spacial score (nSPS) is 16.4. The van der Waals surface area contributed by atoms with Crippen LogP contribution in [-0.2, 0) is 9.53 Å². The Morgan fingerprint density at radius 3 is 2.85 bits per heavy atom. The standard InChI is InChI=1S/C21H24N2O4/c1-25-19-5-2-4-17(12-19)22-13-16-7-9-18(10-8-16)27-15-21(24)23-14-20-6-3-11-26-20/h2,4-5,7-10,12-13,20H,3,6,11,14-15H2,1H3,(H,23,24)/t20-/m0/s1. The Morgan fingerprint density at radius 2 is 2.11 bits per heavy atom. The van der Waals surface area contributed by atoms with Crippen LogP contribution in [0.2, 0.25) is 0 Å². The second-order valence-electron chi connectivity index (χ2n) is 6.26. The summed E-state index contributed by atoms with van der Waals surface area (Å²) >= 11 is 0. The number of nitrogens with zero attached hydrogens (tertiary/aromatic N) is 1. The molecular weight excluding hydrogens is 344 g/mol. The first kappa shape index (κ1) is 18.9. The summed E-state index contributed by atoms with van der Waals surface area (Å²) in [7, 11) is 1.63. The molecule has 1 heterocycles. The lowest BCUT2D eigenvalue weighted by Crippen LogP contribution is -2.35. The third-order valence-corrected chi connectivity index (χ3v) is 4.22. The van der Waals surface area contributed by atoms with E-state index in [-0.39, 0.29) is 18.6 Å². The summed E-state index contributed by atoms with van der Waals surface area (Å²) < 4.78 is 16.2. The molecule has 2 aromatic carbocycles. The Labute approximate surface area is 159 Å². The first-order chi connectivity index (χ1) is 13.2. The van der Waals surface area contributed by atoms with Gasteiger partial charge in [-0.1, -0.05) is 6.07 Å². The van der Waals surface area contributed by atoms with Crippen LogP contribution in [0, 0.1) is 0 Å². The molecule has 1 fully saturated rings. The average Bonchev–Trinajstić information content (AvgIpc) is 3.24. The Bertz CT molecular complexity index is 768. The molecule has 6 nitrogen and oxygen atoms in total. The number of rotatable bonds is 8. The van der Waals surface area contributed by atoms with E-state index < -0.39 is 0 Å². The van der Waals surface area contributed by atoms with Crippen LogP contribution in [0.25, 0.3) is 0 Å². The van der Waals surface area contributed by atoms with Gasteiger partial charge in [0.2, 0.25) is 0 Å². The average molecular weight is 368 g/mol. The molecular formula is C21H24N2O4. The van der Waals surface area contributed by atoms with E-state index in [9.17, 15) is 4.79 Å². The van der Waals surface area contributed by atoms with Crippen molar-refractivity contribution < 1.29 is 19.0 Å². The fourth-order valence-electron chi connectivity index (χ4n) is 2.72. The van der Waals surface area contributed by atoms with Gasteiger partial charge in [-0.3, -0.25) is 9.79 Å². The maximum absolute atomic E-state index is 11.8. The Hall–Kier alpha value is -2.86. The minimum absolute atomic E-state index is 0.00995. The van der Waals surface area contributed by atoms with E-state index >= 15 is 0 Å². The van der Waals surface area contributed by atoms with Crippen LogP contribution < -0.4 is 14.8 Å². The molecule has 1 N–H and O–H groups in total. The van der Waals surface area contributed by atoms with Crippen molar-refractivity contribution in [2.45, 2.75) is 18.9 Å². The largest absolute Gasteiger partial charge is 0.497 e. The Morgan fingerprint density at radius 1 is 1.26 bits per heavy atom. The van der Waals surface area contributed by atoms with E-state index in [0.717, 1.165) is 36.4 Å². The van der Waals surface area contributed by atoms with E-state index in [4.69, 9.17) is 14.2 Å². The van der Waals surface area contributed by atoms with E-state index in [0.29, 0.717) is 12.3 Å². The lowest BCUT2D eigenvalue weighted by Gasteiger charge is -2.11. The van der Waals surface area contributed by atoms with Crippen molar-refractivity contribution in [3.8, 4) is 11.5 Å². The molecule has 1 atom stereocenters. The van der Waals surface area contributed by atoms with Gasteiger partial charge < -0.3 is 19.5 Å². The minimum Gasteiger partial charge on any atom is -0.497 e. The van der Waals surface area contributed by atoms with E-state index in [1.165, 1.54) is 0 Å². The van der Waals surface area contributed by atoms with Crippen LogP contribution in [0.3, 0.4) is 0 Å². The van der Waals surface area contributed by atoms with Crippen molar-refractivity contribution in [3.63, 3.8) is 0 Å². The summed E-state index contributed by atoms with van der Waals surface area (Å²) in [5.74, 6) is 1.26. The van der Waals surface area contributed by atoms with Crippen molar-refractivity contribution in [2.75, 3.05) is 26.9 Å². The molecule has 0 radical (unpaired) electrons. The molecule has 1 saturated heterocycles. The quantitative estimate of drug-likeness (QED) is 0.727. The molecule has 2 aromatic rings. The number of benzene rings is 2. The van der Waals surface area contributed by atoms with Crippen molar-refractivity contribution in [3.05, 3.63) is 54.1 Å². The molecule has 0 aromatic heterocycles. The third-order valence-electron chi connectivity index (χ3n) is 4.22. The molecule has 1 amide bonds. The molecule has 0 aliphatic carbocycles. The molecule has 0 bridgehead atoms. The monoisotopic (exact) mass is 368 g/mol. The number of nitrogens with one attached hydrogen (secondary N) is 1. The zero-order valence-corrected chi connectivity index (χ0v) is 15.4. The maximum Gasteiger partial charge on any atom is 0.258 e. The molecule has 3 rings (SSSR count). The van der Waals surface area contributed by atoms with Gasteiger partial charge in [0.25, 0.3) is 5.91 Å². The molecule has 142 valence electrons. The Kier molecular flexibility index (Phi) is 6.82.